The van der Waals surface area contributed by atoms with Crippen LogP contribution in [-0.2, 0) is 29.1 Å². The van der Waals surface area contributed by atoms with Gasteiger partial charge in [-0.2, -0.15) is 10.5 Å². The fraction of sp³-hybridized carbons (Fsp3) is 0.381. The summed E-state index contributed by atoms with van der Waals surface area (Å²) in [5.74, 6) is 1.32. The molecule has 4 rings (SSSR count). The Labute approximate surface area is 366 Å². The third kappa shape index (κ3) is 21.1. The number of aliphatic hydroxyl groups is 1. The molecule has 0 fully saturated rings. The van der Waals surface area contributed by atoms with Crippen molar-refractivity contribution in [3.05, 3.63) is 102 Å². The maximum absolute atomic E-state index is 13.2. The van der Waals surface area contributed by atoms with E-state index in [1.54, 1.807) is 37.3 Å². The maximum Gasteiger partial charge on any atom is 1.00 e. The number of sulfone groups is 2. The van der Waals surface area contributed by atoms with E-state index in [9.17, 15) is 26.5 Å². The summed E-state index contributed by atoms with van der Waals surface area (Å²) in [4.78, 5) is 0.379. The van der Waals surface area contributed by atoms with E-state index in [1.807, 2.05) is 54.5 Å². The SMILES string of the molecule is CS(=O)(=O)c1ccc(Oc2cc(F)cc(C#N)c2)cc1.C[C@@H](COC(C)(C)C)Oc1cc(C#N)cc(Oc2ccc(S(C)(=O)=O)cc2)c1.C[C@H](O)COC(C)(C)C.[H-].[Na+]. The number of rotatable bonds is 12. The molecular weight excluding hydrogens is 799 g/mol. The average molecular weight is 851 g/mol. The largest absolute Gasteiger partial charge is 1.00 e. The third-order valence-electron chi connectivity index (χ3n) is 6.83. The third-order valence-corrected chi connectivity index (χ3v) is 9.09. The molecule has 310 valence electrons. The van der Waals surface area contributed by atoms with Crippen molar-refractivity contribution < 1.29 is 81.0 Å². The fourth-order valence-electron chi connectivity index (χ4n) is 4.24. The van der Waals surface area contributed by atoms with E-state index >= 15 is 0 Å². The van der Waals surface area contributed by atoms with Crippen LogP contribution in [0.4, 0.5) is 4.39 Å². The van der Waals surface area contributed by atoms with Gasteiger partial charge in [0.2, 0.25) is 0 Å². The van der Waals surface area contributed by atoms with Crippen molar-refractivity contribution in [3.63, 3.8) is 0 Å². The van der Waals surface area contributed by atoms with Gasteiger partial charge in [-0.05, 0) is 128 Å². The van der Waals surface area contributed by atoms with Crippen molar-refractivity contribution in [2.45, 2.75) is 88.6 Å². The topological polar surface area (TPSA) is 182 Å². The van der Waals surface area contributed by atoms with Crippen LogP contribution in [0, 0.1) is 28.5 Å². The molecule has 1 N–H and O–H groups in total. The second-order valence-corrected chi connectivity index (χ2v) is 18.9. The summed E-state index contributed by atoms with van der Waals surface area (Å²) in [5, 5.41) is 26.8. The summed E-state index contributed by atoms with van der Waals surface area (Å²) in [6.07, 6.45) is 1.68. The normalized spacial score (nSPS) is 12.4. The standard InChI is InChI=1S/C21H25NO5S.C14H10FNO3S.C7H16O2.Na.H/c1-15(14-25-21(2,3)4)26-18-10-16(13-22)11-19(12-18)27-17-6-8-20(9-7-17)28(5,23)24;1-20(17,18)14-4-2-12(3-5-14)19-13-7-10(9-16)6-11(15)8-13;1-6(8)5-9-7(2,3)4;;/h6-12,15H,14H2,1-5H3;2-8H,1H3;6,8H,5H2,1-4H3;;/q;;;+1;-1/t15-;;6-;;/m0.0../s1. The number of benzene rings is 4. The van der Waals surface area contributed by atoms with Gasteiger partial charge < -0.3 is 30.2 Å². The zero-order valence-electron chi connectivity index (χ0n) is 35.9. The molecule has 0 saturated heterocycles. The number of halogens is 1. The summed E-state index contributed by atoms with van der Waals surface area (Å²) >= 11 is 0. The molecule has 4 aromatic carbocycles. The zero-order chi connectivity index (χ0) is 43.2. The Balaban J connectivity index is 0.000000948. The summed E-state index contributed by atoms with van der Waals surface area (Å²) in [5.41, 5.74) is 0.146. The van der Waals surface area contributed by atoms with Crippen molar-refractivity contribution in [1.82, 2.24) is 0 Å². The first-order chi connectivity index (χ1) is 26.3. The van der Waals surface area contributed by atoms with Crippen molar-refractivity contribution in [1.29, 1.82) is 10.5 Å². The Morgan fingerprint density at radius 2 is 1.02 bits per heavy atom. The van der Waals surface area contributed by atoms with Gasteiger partial charge in [0.1, 0.15) is 40.7 Å². The minimum absolute atomic E-state index is 0. The van der Waals surface area contributed by atoms with Gasteiger partial charge in [-0.25, -0.2) is 21.2 Å². The number of aliphatic hydroxyl groups excluding tert-OH is 1. The van der Waals surface area contributed by atoms with Crippen molar-refractivity contribution in [2.75, 3.05) is 25.7 Å². The minimum Gasteiger partial charge on any atom is -1.00 e. The van der Waals surface area contributed by atoms with Crippen LogP contribution in [0.5, 0.6) is 28.7 Å². The molecule has 0 bridgehead atoms. The van der Waals surface area contributed by atoms with E-state index in [2.05, 4.69) is 6.07 Å². The molecule has 0 aromatic heterocycles. The van der Waals surface area contributed by atoms with Gasteiger partial charge in [0.25, 0.3) is 0 Å². The van der Waals surface area contributed by atoms with Crippen LogP contribution >= 0.6 is 0 Å². The minimum atomic E-state index is -3.27. The fourth-order valence-corrected chi connectivity index (χ4v) is 5.50. The molecule has 0 unspecified atom stereocenters. The summed E-state index contributed by atoms with van der Waals surface area (Å²) < 4.78 is 86.9. The van der Waals surface area contributed by atoms with E-state index in [0.717, 1.165) is 24.6 Å². The number of nitrogens with zero attached hydrogens (tertiary/aromatic N) is 2. The van der Waals surface area contributed by atoms with Gasteiger partial charge in [-0.3, -0.25) is 0 Å². The van der Waals surface area contributed by atoms with Gasteiger partial charge in [0, 0.05) is 24.6 Å². The number of nitriles is 2. The van der Waals surface area contributed by atoms with Gasteiger partial charge in [-0.15, -0.1) is 0 Å². The quantitative estimate of drug-likeness (QED) is 0.176. The molecule has 0 radical (unpaired) electrons. The van der Waals surface area contributed by atoms with E-state index in [1.165, 1.54) is 42.5 Å². The van der Waals surface area contributed by atoms with Crippen molar-refractivity contribution >= 4 is 19.7 Å². The van der Waals surface area contributed by atoms with E-state index < -0.39 is 25.5 Å². The second-order valence-electron chi connectivity index (χ2n) is 14.9. The molecule has 12 nitrogen and oxygen atoms in total. The Bertz CT molecular complexity index is 2230. The van der Waals surface area contributed by atoms with E-state index in [-0.39, 0.29) is 75.5 Å². The number of ether oxygens (including phenoxy) is 5. The van der Waals surface area contributed by atoms with Gasteiger partial charge in [-0.1, -0.05) is 0 Å². The molecule has 4 aromatic rings. The van der Waals surface area contributed by atoms with E-state index in [0.29, 0.717) is 41.8 Å². The molecule has 0 amide bonds. The van der Waals surface area contributed by atoms with Crippen molar-refractivity contribution in [3.8, 4) is 40.9 Å². The van der Waals surface area contributed by atoms with E-state index in [4.69, 9.17) is 34.1 Å². The predicted molar refractivity (Wildman–Crippen MR) is 216 cm³/mol. The molecule has 0 aliphatic rings. The average Bonchev–Trinajstić information content (AvgIpc) is 3.09. The van der Waals surface area contributed by atoms with Gasteiger partial charge in [0.05, 0.1) is 63.6 Å². The van der Waals surface area contributed by atoms with Crippen molar-refractivity contribution in [2.24, 2.45) is 0 Å². The van der Waals surface area contributed by atoms with Crippen LogP contribution in [0.2, 0.25) is 0 Å². The monoisotopic (exact) mass is 850 g/mol. The maximum atomic E-state index is 13.2. The first-order valence-corrected chi connectivity index (χ1v) is 21.4. The Morgan fingerprint density at radius 3 is 1.38 bits per heavy atom. The van der Waals surface area contributed by atoms with Crippen LogP contribution in [0.3, 0.4) is 0 Å². The first-order valence-electron chi connectivity index (χ1n) is 17.6. The van der Waals surface area contributed by atoms with Gasteiger partial charge >= 0.3 is 29.6 Å². The molecule has 2 atom stereocenters. The summed E-state index contributed by atoms with van der Waals surface area (Å²) in [7, 11) is -6.54. The first kappa shape index (κ1) is 52.0. The molecule has 0 aliphatic heterocycles. The zero-order valence-corrected chi connectivity index (χ0v) is 38.5. The van der Waals surface area contributed by atoms with Crippen LogP contribution in [0.1, 0.15) is 67.9 Å². The molecule has 0 saturated carbocycles. The van der Waals surface area contributed by atoms with Crippen LogP contribution in [-0.4, -0.2) is 71.1 Å². The Hall–Kier alpha value is -4.03. The van der Waals surface area contributed by atoms with Crippen LogP contribution < -0.4 is 43.8 Å². The number of hydrogen-bond donors (Lipinski definition) is 1. The smallest absolute Gasteiger partial charge is 1.00 e. The predicted octanol–water partition coefficient (Wildman–Crippen LogP) is 5.53. The number of hydrogen-bond acceptors (Lipinski definition) is 12. The summed E-state index contributed by atoms with van der Waals surface area (Å²) in [6, 6.07) is 24.3. The molecule has 58 heavy (non-hydrogen) atoms. The van der Waals surface area contributed by atoms with Gasteiger partial charge in [0.15, 0.2) is 19.7 Å². The Kier molecular flexibility index (Phi) is 20.6. The molecule has 0 aliphatic carbocycles. The van der Waals surface area contributed by atoms with Crippen LogP contribution in [0.25, 0.3) is 0 Å². The summed E-state index contributed by atoms with van der Waals surface area (Å²) in [6.45, 7) is 16.2. The molecule has 0 spiro atoms. The molecule has 0 heterocycles. The molecular formula is C42H52FN2NaO10S2. The van der Waals surface area contributed by atoms with Crippen LogP contribution in [0.15, 0.2) is 94.7 Å². The molecule has 16 heteroatoms. The Morgan fingerprint density at radius 1 is 0.638 bits per heavy atom. The second kappa shape index (κ2) is 22.9.